The minimum absolute atomic E-state index is 0.0140. The normalized spacial score (nSPS) is 20.2. The highest BCUT2D eigenvalue weighted by Gasteiger charge is 2.41. The topological polar surface area (TPSA) is 72.0 Å². The summed E-state index contributed by atoms with van der Waals surface area (Å²) in [6.45, 7) is 1.51. The van der Waals surface area contributed by atoms with Crippen LogP contribution < -0.4 is 14.4 Å². The molecule has 0 aliphatic carbocycles. The first-order valence-electron chi connectivity index (χ1n) is 8.43. The monoisotopic (exact) mass is 373 g/mol. The van der Waals surface area contributed by atoms with Crippen LogP contribution in [0.4, 0.5) is 5.69 Å². The fraction of sp³-hybridized carbons (Fsp3) is 0.389. The first-order chi connectivity index (χ1) is 12.6. The third kappa shape index (κ3) is 3.24. The maximum absolute atomic E-state index is 12.7. The number of rotatable bonds is 5. The van der Waals surface area contributed by atoms with Crippen molar-refractivity contribution < 1.29 is 19.1 Å². The second kappa shape index (κ2) is 6.95. The second-order valence-electron chi connectivity index (χ2n) is 6.38. The molecular formula is C18H19N3O4S. The van der Waals surface area contributed by atoms with E-state index in [-0.39, 0.29) is 30.3 Å². The molecule has 2 amide bonds. The number of thiazole rings is 1. The lowest BCUT2D eigenvalue weighted by molar-refractivity contribution is -0.144. The summed E-state index contributed by atoms with van der Waals surface area (Å²) in [5.74, 6) is 0.434. The summed E-state index contributed by atoms with van der Waals surface area (Å²) < 4.78 is 10.8. The molecule has 0 unspecified atom stereocenters. The molecule has 8 heteroatoms. The molecule has 1 aromatic carbocycles. The van der Waals surface area contributed by atoms with Crippen LogP contribution in [0.25, 0.3) is 0 Å². The summed E-state index contributed by atoms with van der Waals surface area (Å²) in [6, 6.07) is 7.30. The molecule has 2 aliphatic heterocycles. The molecule has 7 nitrogen and oxygen atoms in total. The van der Waals surface area contributed by atoms with E-state index in [1.807, 2.05) is 29.6 Å². The van der Waals surface area contributed by atoms with Crippen molar-refractivity contribution in [3.05, 3.63) is 35.8 Å². The molecule has 26 heavy (non-hydrogen) atoms. The fourth-order valence-electron chi connectivity index (χ4n) is 3.25. The van der Waals surface area contributed by atoms with Crippen molar-refractivity contribution in [2.24, 2.45) is 5.92 Å². The number of methoxy groups -OCH3 is 1. The maximum atomic E-state index is 12.7. The number of amides is 2. The molecule has 2 aliphatic rings. The quantitative estimate of drug-likeness (QED) is 0.799. The lowest BCUT2D eigenvalue weighted by Crippen LogP contribution is -2.57. The van der Waals surface area contributed by atoms with Crippen LogP contribution in [-0.2, 0) is 9.59 Å². The predicted molar refractivity (Wildman–Crippen MR) is 96.6 cm³/mol. The molecule has 0 bridgehead atoms. The molecular weight excluding hydrogens is 354 g/mol. The highest BCUT2D eigenvalue weighted by molar-refractivity contribution is 7.11. The van der Waals surface area contributed by atoms with Crippen LogP contribution in [0.1, 0.15) is 6.42 Å². The number of carbonyl (C=O) groups excluding carboxylic acids is 2. The van der Waals surface area contributed by atoms with Crippen LogP contribution in [0.2, 0.25) is 0 Å². The molecule has 1 aromatic heterocycles. The molecule has 0 saturated carbocycles. The largest absolute Gasteiger partial charge is 0.497 e. The Kier molecular flexibility index (Phi) is 4.50. The molecule has 4 rings (SSSR count). The smallest absolute Gasteiger partial charge is 0.273 e. The Hall–Kier alpha value is -2.61. The van der Waals surface area contributed by atoms with Gasteiger partial charge in [0, 0.05) is 30.2 Å². The predicted octanol–water partition coefficient (Wildman–Crippen LogP) is 1.79. The second-order valence-corrected chi connectivity index (χ2v) is 7.24. The van der Waals surface area contributed by atoms with Gasteiger partial charge < -0.3 is 19.3 Å². The number of nitrogens with zero attached hydrogens (tertiary/aromatic N) is 3. The van der Waals surface area contributed by atoms with Gasteiger partial charge in [0.2, 0.25) is 11.8 Å². The van der Waals surface area contributed by atoms with Crippen molar-refractivity contribution >= 4 is 28.8 Å². The van der Waals surface area contributed by atoms with Crippen LogP contribution in [0, 0.1) is 5.92 Å². The van der Waals surface area contributed by atoms with Crippen molar-refractivity contribution in [1.29, 1.82) is 0 Å². The molecule has 3 heterocycles. The number of aromatic nitrogens is 1. The van der Waals surface area contributed by atoms with Gasteiger partial charge in [-0.25, -0.2) is 4.98 Å². The molecule has 2 fully saturated rings. The van der Waals surface area contributed by atoms with Crippen LogP contribution >= 0.6 is 11.3 Å². The third-order valence-corrected chi connectivity index (χ3v) is 5.36. The highest BCUT2D eigenvalue weighted by atomic mass is 32.1. The van der Waals surface area contributed by atoms with Gasteiger partial charge in [0.25, 0.3) is 5.19 Å². The lowest BCUT2D eigenvalue weighted by Gasteiger charge is -2.39. The van der Waals surface area contributed by atoms with Gasteiger partial charge in [-0.05, 0) is 24.3 Å². The fourth-order valence-corrected chi connectivity index (χ4v) is 3.80. The first kappa shape index (κ1) is 16.8. The number of likely N-dealkylation sites (tertiary alicyclic amines) is 1. The average molecular weight is 373 g/mol. The molecule has 0 spiro atoms. The van der Waals surface area contributed by atoms with Crippen LogP contribution in [0.5, 0.6) is 10.9 Å². The molecule has 136 valence electrons. The molecule has 0 N–H and O–H groups in total. The maximum Gasteiger partial charge on any atom is 0.273 e. The van der Waals surface area contributed by atoms with E-state index in [2.05, 4.69) is 4.98 Å². The highest BCUT2D eigenvalue weighted by Crippen LogP contribution is 2.29. The number of hydrogen-bond acceptors (Lipinski definition) is 6. The summed E-state index contributed by atoms with van der Waals surface area (Å²) in [6.07, 6.45) is 1.93. The average Bonchev–Trinajstić information content (AvgIpc) is 3.27. The van der Waals surface area contributed by atoms with E-state index >= 15 is 0 Å². The number of ether oxygens (including phenoxy) is 2. The minimum atomic E-state index is -0.301. The van der Waals surface area contributed by atoms with E-state index in [1.165, 1.54) is 11.3 Å². The zero-order valence-electron chi connectivity index (χ0n) is 14.3. The number of hydrogen-bond donors (Lipinski definition) is 0. The van der Waals surface area contributed by atoms with Gasteiger partial charge in [-0.2, -0.15) is 0 Å². The Morgan fingerprint density at radius 1 is 1.23 bits per heavy atom. The molecule has 2 aromatic rings. The van der Waals surface area contributed by atoms with Gasteiger partial charge >= 0.3 is 0 Å². The van der Waals surface area contributed by atoms with Gasteiger partial charge in [-0.1, -0.05) is 11.3 Å². The van der Waals surface area contributed by atoms with E-state index in [9.17, 15) is 9.59 Å². The number of carbonyl (C=O) groups is 2. The summed E-state index contributed by atoms with van der Waals surface area (Å²) >= 11 is 1.44. The third-order valence-electron chi connectivity index (χ3n) is 4.70. The molecule has 0 radical (unpaired) electrons. The Morgan fingerprint density at radius 2 is 2.00 bits per heavy atom. The van der Waals surface area contributed by atoms with Gasteiger partial charge in [0.1, 0.15) is 11.9 Å². The molecule has 1 atom stereocenters. The van der Waals surface area contributed by atoms with Crippen molar-refractivity contribution in [2.75, 3.05) is 31.6 Å². The Balaban J connectivity index is 1.32. The summed E-state index contributed by atoms with van der Waals surface area (Å²) in [4.78, 5) is 32.5. The Morgan fingerprint density at radius 3 is 2.65 bits per heavy atom. The van der Waals surface area contributed by atoms with E-state index in [4.69, 9.17) is 9.47 Å². The Bertz CT molecular complexity index is 787. The van der Waals surface area contributed by atoms with E-state index in [0.29, 0.717) is 24.8 Å². The lowest BCUT2D eigenvalue weighted by atomic mass is 10.0. The van der Waals surface area contributed by atoms with E-state index < -0.39 is 0 Å². The minimum Gasteiger partial charge on any atom is -0.497 e. The van der Waals surface area contributed by atoms with Crippen LogP contribution in [-0.4, -0.2) is 54.5 Å². The van der Waals surface area contributed by atoms with Gasteiger partial charge in [0.05, 0.1) is 26.1 Å². The summed E-state index contributed by atoms with van der Waals surface area (Å²) in [5, 5.41) is 2.48. The van der Waals surface area contributed by atoms with Crippen molar-refractivity contribution in [3.8, 4) is 10.9 Å². The van der Waals surface area contributed by atoms with Crippen LogP contribution in [0.3, 0.4) is 0 Å². The number of anilines is 1. The Labute approximate surface area is 155 Å². The van der Waals surface area contributed by atoms with Crippen molar-refractivity contribution in [1.82, 2.24) is 9.88 Å². The van der Waals surface area contributed by atoms with Gasteiger partial charge in [-0.3, -0.25) is 9.59 Å². The van der Waals surface area contributed by atoms with Crippen molar-refractivity contribution in [2.45, 2.75) is 12.5 Å². The number of benzene rings is 1. The zero-order valence-corrected chi connectivity index (χ0v) is 15.1. The van der Waals surface area contributed by atoms with Gasteiger partial charge in [0.15, 0.2) is 0 Å². The zero-order chi connectivity index (χ0) is 18.1. The van der Waals surface area contributed by atoms with E-state index in [0.717, 1.165) is 11.4 Å². The van der Waals surface area contributed by atoms with Crippen molar-refractivity contribution in [3.63, 3.8) is 0 Å². The standard InChI is InChI=1S/C18H19N3O4S/c1-24-14-4-2-13(3-5-14)21-9-12(8-16(21)22)17(23)20-10-15(11-20)25-18-19-6-7-26-18/h2-7,12,15H,8-11H2,1H3/t12-/m0/s1. The van der Waals surface area contributed by atoms with Gasteiger partial charge in [-0.15, -0.1) is 0 Å². The van der Waals surface area contributed by atoms with Crippen LogP contribution in [0.15, 0.2) is 35.8 Å². The first-order valence-corrected chi connectivity index (χ1v) is 9.31. The summed E-state index contributed by atoms with van der Waals surface area (Å²) in [5.41, 5.74) is 0.791. The molecule has 2 saturated heterocycles. The van der Waals surface area contributed by atoms with E-state index in [1.54, 1.807) is 23.1 Å². The summed E-state index contributed by atoms with van der Waals surface area (Å²) in [7, 11) is 1.60. The SMILES string of the molecule is COc1ccc(N2C[C@@H](C(=O)N3CC(Oc4nccs4)C3)CC2=O)cc1.